The van der Waals surface area contributed by atoms with E-state index < -0.39 is 0 Å². The first-order valence-corrected chi connectivity index (χ1v) is 38.4. The van der Waals surface area contributed by atoms with Gasteiger partial charge in [-0.05, 0) is 114 Å². The first-order chi connectivity index (χ1) is 41.4. The fourth-order valence-corrected chi connectivity index (χ4v) is 20.5. The molecule has 89 heavy (non-hydrogen) atoms. The molecule has 0 aromatic carbocycles. The Kier molecular flexibility index (Phi) is 27.6. The van der Waals surface area contributed by atoms with Crippen LogP contribution in [0, 0.1) is 17.8 Å². The topological polar surface area (TPSA) is 22.7 Å². The van der Waals surface area contributed by atoms with E-state index in [-0.39, 0.29) is 0 Å². The zero-order valence-corrected chi connectivity index (χ0v) is 65.0. The van der Waals surface area contributed by atoms with Gasteiger partial charge in [-0.15, -0.1) is 0 Å². The van der Waals surface area contributed by atoms with E-state index in [1.165, 1.54) is 282 Å². The van der Waals surface area contributed by atoms with Crippen LogP contribution in [0.2, 0.25) is 0 Å². The van der Waals surface area contributed by atoms with Crippen LogP contribution in [-0.4, -0.2) is 326 Å². The molecule has 0 radical (unpaired) electrons. The van der Waals surface area contributed by atoms with Gasteiger partial charge in [0.15, 0.2) is 0 Å². The van der Waals surface area contributed by atoms with Gasteiger partial charge >= 0.3 is 0 Å². The third kappa shape index (κ3) is 20.0. The molecule has 0 aliphatic carbocycles. The lowest BCUT2D eigenvalue weighted by Gasteiger charge is -2.46. The Bertz CT molecular complexity index is 2040. The van der Waals surface area contributed by atoms with Crippen LogP contribution >= 0.6 is 0 Å². The van der Waals surface area contributed by atoms with Crippen molar-refractivity contribution in [2.75, 3.05) is 213 Å². The van der Waals surface area contributed by atoms with Crippen molar-refractivity contribution in [2.45, 2.75) is 262 Å². The maximum Gasteiger partial charge on any atom is 0.140 e. The smallest absolute Gasteiger partial charge is 0.140 e. The number of hydrogen-bond acceptors (Lipinski definition) is 7. The second-order valence-corrected chi connectivity index (χ2v) is 37.5. The zero-order chi connectivity index (χ0) is 66.2. The van der Waals surface area contributed by atoms with Crippen molar-refractivity contribution in [3.8, 4) is 0 Å². The summed E-state index contributed by atoms with van der Waals surface area (Å²) in [6, 6.07) is 4.05. The molecule has 0 bridgehead atoms. The van der Waals surface area contributed by atoms with Gasteiger partial charge in [-0.2, -0.15) is 0 Å². The van der Waals surface area contributed by atoms with Gasteiger partial charge in [-0.1, -0.05) is 62.3 Å². The van der Waals surface area contributed by atoms with Crippen LogP contribution in [-0.2, 0) is 0 Å². The standard InChI is InChI=1S/4C13H27N2.C12H25N2.C6H15N2.C5H13N2/c1-12(2)9-14-11-15(7-5-6-8-15)10-13(14,3)4;1-12(2)9-14-10-13(3,4)15(11-14)7-5-6-8-15;1-11(2)9-14-10-15(7-5-6-8-15)13(4)12(14)3;1-5-12(2)14-11-15(8-6-7-9-15)10-13(14,3)4;1-4-7-13-10-14(8-5-6-9-14)12(3)11(13)2;1-4-7-5-8(2,3)6-7;1-6-4-7(2,3)5-6/h2*12H,5-11H2,1-4H3;11-13H,5-10H2,1-4H3;12H,5-11H2,1-4H3;11-12H,4-10H2,1-3H3;4-6H2,1-3H3;4-5H2,1-3H3/q7*+1. The van der Waals surface area contributed by atoms with Crippen LogP contribution in [0.5, 0.6) is 0 Å². The minimum absolute atomic E-state index is 0.416. The number of rotatable bonds is 11. The monoisotopic (exact) mass is 1260 g/mol. The molecule has 12 saturated heterocycles. The van der Waals surface area contributed by atoms with Crippen molar-refractivity contribution in [1.29, 1.82) is 0 Å². The lowest BCUT2D eigenvalue weighted by Crippen LogP contribution is -2.64. The van der Waals surface area contributed by atoms with Crippen molar-refractivity contribution in [3.05, 3.63) is 0 Å². The van der Waals surface area contributed by atoms with E-state index in [1.54, 1.807) is 0 Å². The summed E-state index contributed by atoms with van der Waals surface area (Å²) >= 11 is 0. The molecule has 0 saturated carbocycles. The highest BCUT2D eigenvalue weighted by atomic mass is 15.6. The Labute approximate surface area is 556 Å². The number of quaternary nitrogens is 7. The summed E-state index contributed by atoms with van der Waals surface area (Å²) < 4.78 is 9.29. The first-order valence-electron chi connectivity index (χ1n) is 38.4. The first kappa shape index (κ1) is 77.4. The van der Waals surface area contributed by atoms with Gasteiger partial charge in [0.05, 0.1) is 136 Å². The minimum Gasteiger partial charge on any atom is -0.310 e. The second-order valence-electron chi connectivity index (χ2n) is 37.5. The molecule has 5 spiro atoms. The van der Waals surface area contributed by atoms with Crippen molar-refractivity contribution < 1.29 is 31.4 Å². The molecule has 14 nitrogen and oxygen atoms in total. The fraction of sp³-hybridized carbons (Fsp3) is 1.00. The summed E-state index contributed by atoms with van der Waals surface area (Å²) in [7, 11) is 11.1. The second kappa shape index (κ2) is 31.8. The number of hydrogen-bond donors (Lipinski definition) is 0. The van der Waals surface area contributed by atoms with Crippen LogP contribution in [0.1, 0.15) is 216 Å². The summed E-state index contributed by atoms with van der Waals surface area (Å²) in [5.74, 6) is 2.41. The van der Waals surface area contributed by atoms with E-state index in [9.17, 15) is 0 Å². The Morgan fingerprint density at radius 3 is 1.25 bits per heavy atom. The molecule has 12 fully saturated rings. The molecule has 14 heteroatoms. The third-order valence-electron chi connectivity index (χ3n) is 25.2. The average molecular weight is 1260 g/mol. The van der Waals surface area contributed by atoms with Gasteiger partial charge in [0.2, 0.25) is 0 Å². The van der Waals surface area contributed by atoms with E-state index in [0.717, 1.165) is 52.4 Å². The average Bonchev–Trinajstić information content (AvgIpc) is 1.67. The minimum atomic E-state index is 0.416. The molecule has 5 atom stereocenters. The van der Waals surface area contributed by atoms with Gasteiger partial charge in [0.25, 0.3) is 0 Å². The predicted molar refractivity (Wildman–Crippen MR) is 382 cm³/mol. The fourth-order valence-electron chi connectivity index (χ4n) is 20.5. The molecule has 524 valence electrons. The lowest BCUT2D eigenvalue weighted by molar-refractivity contribution is -0.962. The lowest BCUT2D eigenvalue weighted by atomic mass is 10.0. The molecule has 12 rings (SSSR count). The van der Waals surface area contributed by atoms with E-state index in [0.29, 0.717) is 16.6 Å². The Morgan fingerprint density at radius 2 is 0.854 bits per heavy atom. The van der Waals surface area contributed by atoms with Gasteiger partial charge in [0, 0.05) is 103 Å². The quantitative estimate of drug-likeness (QED) is 0.190. The van der Waals surface area contributed by atoms with E-state index in [2.05, 4.69) is 208 Å². The molecule has 0 amide bonds. The van der Waals surface area contributed by atoms with Gasteiger partial charge in [-0.3, -0.25) is 4.90 Å². The van der Waals surface area contributed by atoms with Crippen LogP contribution in [0.3, 0.4) is 0 Å². The van der Waals surface area contributed by atoms with E-state index in [4.69, 9.17) is 0 Å². The summed E-state index contributed by atoms with van der Waals surface area (Å²) in [4.78, 5) is 18.3. The molecular formula is C75H161N14+7. The third-order valence-corrected chi connectivity index (χ3v) is 25.2. The van der Waals surface area contributed by atoms with Crippen molar-refractivity contribution in [3.63, 3.8) is 0 Å². The SMILES string of the molecule is CC(C)CN1CC(C)(C)[N+]2(CCCC2)C1.CC(C)CN1C[N+]2(CCCC2)C(C)C1C.CC(C)CN1C[N+]2(CCCC2)CC1(C)C.CCC(C)N1C[N+]2(CCCC2)CC1(C)C.CCCN1C[N+]2(CCCC2)C(C)C1C.CCN1C[N+](C)(C)C1.CN1C[N+](C)(C)C1. The maximum absolute atomic E-state index is 2.75. The highest BCUT2D eigenvalue weighted by Gasteiger charge is 2.55. The summed E-state index contributed by atoms with van der Waals surface area (Å²) in [5, 5.41) is 0. The highest BCUT2D eigenvalue weighted by molar-refractivity contribution is 4.90. The zero-order valence-electron chi connectivity index (χ0n) is 65.0. The number of nitrogens with zero attached hydrogens (tertiary/aromatic N) is 14. The summed E-state index contributed by atoms with van der Waals surface area (Å²) in [5.41, 5.74) is 1.33. The predicted octanol–water partition coefficient (Wildman–Crippen LogP) is 11.7. The van der Waals surface area contributed by atoms with Gasteiger partial charge in [0.1, 0.15) is 77.6 Å². The Morgan fingerprint density at radius 1 is 0.438 bits per heavy atom. The van der Waals surface area contributed by atoms with Crippen LogP contribution < -0.4 is 0 Å². The molecule has 0 N–H and O–H groups in total. The van der Waals surface area contributed by atoms with Crippen molar-refractivity contribution >= 4 is 0 Å². The van der Waals surface area contributed by atoms with E-state index >= 15 is 0 Å². The largest absolute Gasteiger partial charge is 0.310 e. The van der Waals surface area contributed by atoms with Crippen molar-refractivity contribution in [2.24, 2.45) is 17.8 Å². The van der Waals surface area contributed by atoms with Crippen LogP contribution in [0.25, 0.3) is 0 Å². The van der Waals surface area contributed by atoms with Crippen molar-refractivity contribution in [1.82, 2.24) is 34.3 Å². The van der Waals surface area contributed by atoms with E-state index in [1.807, 2.05) is 0 Å². The van der Waals surface area contributed by atoms with Crippen LogP contribution in [0.15, 0.2) is 0 Å². The Hall–Kier alpha value is -0.560. The molecular weight excluding hydrogens is 1100 g/mol. The highest BCUT2D eigenvalue weighted by Crippen LogP contribution is 2.40. The summed E-state index contributed by atoms with van der Waals surface area (Å²) in [6.45, 7) is 83.8. The van der Waals surface area contributed by atoms with Crippen LogP contribution in [0.4, 0.5) is 0 Å². The normalized spacial score (nSPS) is 31.8. The Balaban J connectivity index is 0.000000168. The molecule has 5 unspecified atom stereocenters. The molecule has 0 aromatic heterocycles. The molecule has 0 aromatic rings. The van der Waals surface area contributed by atoms with Gasteiger partial charge in [-0.25, -0.2) is 29.4 Å². The molecule has 12 aliphatic heterocycles. The molecule has 12 aliphatic rings. The molecule has 12 heterocycles. The summed E-state index contributed by atoms with van der Waals surface area (Å²) in [6.07, 6.45) is 17.1. The van der Waals surface area contributed by atoms with Gasteiger partial charge < -0.3 is 31.4 Å². The maximum atomic E-state index is 2.75.